The lowest BCUT2D eigenvalue weighted by Gasteiger charge is -2.30. The van der Waals surface area contributed by atoms with Crippen LogP contribution < -0.4 is 15.5 Å². The molecule has 0 aliphatic heterocycles. The molecular weight excluding hydrogens is 398 g/mol. The molecule has 0 spiro atoms. The monoisotopic (exact) mass is 428 g/mol. The molecule has 0 bridgehead atoms. The van der Waals surface area contributed by atoms with Crippen LogP contribution in [0.25, 0.3) is 0 Å². The standard InChI is InChI=1S/C24H30F2N4O/c1-16(2)14-30(15-17(3)4)23-10-7-18(6-5-11-27)12-22(23)29-24(31)28-21-9-8-19(25)13-20(21)26/h7-10,12-13,16-17H,5-6,14-15H2,1-4H3,(H2,28,29,31). The van der Waals surface area contributed by atoms with Crippen molar-refractivity contribution in [2.45, 2.75) is 40.5 Å². The Balaban J connectivity index is 2.33. The van der Waals surface area contributed by atoms with E-state index < -0.39 is 17.7 Å². The fourth-order valence-electron chi connectivity index (χ4n) is 3.33. The number of carbonyl (C=O) groups is 1. The van der Waals surface area contributed by atoms with Gasteiger partial charge in [0, 0.05) is 25.6 Å². The van der Waals surface area contributed by atoms with Gasteiger partial charge < -0.3 is 15.5 Å². The zero-order valence-electron chi connectivity index (χ0n) is 18.5. The molecule has 2 aromatic carbocycles. The minimum atomic E-state index is -0.848. The molecule has 0 radical (unpaired) electrons. The van der Waals surface area contributed by atoms with Crippen LogP contribution >= 0.6 is 0 Å². The summed E-state index contributed by atoms with van der Waals surface area (Å²) in [5.41, 5.74) is 2.25. The third-order valence-corrected chi connectivity index (χ3v) is 4.53. The molecular formula is C24H30F2N4O. The molecule has 31 heavy (non-hydrogen) atoms. The summed E-state index contributed by atoms with van der Waals surface area (Å²) < 4.78 is 27.1. The van der Waals surface area contributed by atoms with Crippen molar-refractivity contribution in [1.82, 2.24) is 0 Å². The van der Waals surface area contributed by atoms with Crippen molar-refractivity contribution in [2.75, 3.05) is 28.6 Å². The zero-order chi connectivity index (χ0) is 23.0. The molecule has 0 saturated heterocycles. The average molecular weight is 429 g/mol. The lowest BCUT2D eigenvalue weighted by molar-refractivity contribution is 0.262. The summed E-state index contributed by atoms with van der Waals surface area (Å²) in [5.74, 6) is -0.743. The Morgan fingerprint density at radius 3 is 2.23 bits per heavy atom. The molecule has 0 heterocycles. The molecule has 0 fully saturated rings. The molecule has 7 heteroatoms. The first-order chi connectivity index (χ1) is 14.7. The van der Waals surface area contributed by atoms with E-state index in [4.69, 9.17) is 5.26 Å². The van der Waals surface area contributed by atoms with Crippen LogP contribution in [0.2, 0.25) is 0 Å². The van der Waals surface area contributed by atoms with Crippen molar-refractivity contribution in [1.29, 1.82) is 5.26 Å². The third kappa shape index (κ3) is 7.56. The average Bonchev–Trinajstić information content (AvgIpc) is 2.67. The number of rotatable bonds is 9. The van der Waals surface area contributed by atoms with Gasteiger partial charge in [-0.05, 0) is 48.1 Å². The number of carbonyl (C=O) groups excluding carboxylic acids is 1. The molecule has 2 rings (SSSR count). The Labute approximate surface area is 183 Å². The van der Waals surface area contributed by atoms with Crippen molar-refractivity contribution in [2.24, 2.45) is 11.8 Å². The van der Waals surface area contributed by atoms with Crippen LogP contribution in [0.3, 0.4) is 0 Å². The Morgan fingerprint density at radius 1 is 1.00 bits per heavy atom. The quantitative estimate of drug-likeness (QED) is 0.501. The number of urea groups is 1. The zero-order valence-corrected chi connectivity index (χ0v) is 18.5. The second-order valence-electron chi connectivity index (χ2n) is 8.41. The number of nitrogens with zero attached hydrogens (tertiary/aromatic N) is 2. The first kappa shape index (κ1) is 24.1. The van der Waals surface area contributed by atoms with Crippen LogP contribution in [0.1, 0.15) is 39.7 Å². The van der Waals surface area contributed by atoms with Crippen LogP contribution in [-0.2, 0) is 6.42 Å². The number of aryl methyl sites for hydroxylation is 1. The molecule has 5 nitrogen and oxygen atoms in total. The van der Waals surface area contributed by atoms with Gasteiger partial charge in [-0.25, -0.2) is 13.6 Å². The van der Waals surface area contributed by atoms with E-state index in [1.54, 1.807) is 0 Å². The van der Waals surface area contributed by atoms with E-state index in [1.165, 1.54) is 6.07 Å². The van der Waals surface area contributed by atoms with Crippen molar-refractivity contribution < 1.29 is 13.6 Å². The summed E-state index contributed by atoms with van der Waals surface area (Å²) in [5, 5.41) is 14.1. The van der Waals surface area contributed by atoms with E-state index >= 15 is 0 Å². The van der Waals surface area contributed by atoms with E-state index in [1.807, 2.05) is 18.2 Å². The Bertz CT molecular complexity index is 928. The Morgan fingerprint density at radius 2 is 1.65 bits per heavy atom. The molecule has 0 aromatic heterocycles. The topological polar surface area (TPSA) is 68.2 Å². The second-order valence-corrected chi connectivity index (χ2v) is 8.41. The van der Waals surface area contributed by atoms with Crippen molar-refractivity contribution in [3.63, 3.8) is 0 Å². The number of hydrogen-bond donors (Lipinski definition) is 2. The number of amides is 2. The minimum absolute atomic E-state index is 0.109. The highest BCUT2D eigenvalue weighted by Gasteiger charge is 2.17. The number of benzene rings is 2. The maximum Gasteiger partial charge on any atom is 0.323 e. The molecule has 0 aliphatic rings. The highest BCUT2D eigenvalue weighted by atomic mass is 19.1. The molecule has 0 unspecified atom stereocenters. The second kappa shape index (κ2) is 11.3. The lowest BCUT2D eigenvalue weighted by atomic mass is 10.1. The highest BCUT2D eigenvalue weighted by molar-refractivity contribution is 6.02. The lowest BCUT2D eigenvalue weighted by Crippen LogP contribution is -2.32. The summed E-state index contributed by atoms with van der Waals surface area (Å²) in [6.07, 6.45) is 0.932. The number of anilines is 3. The van der Waals surface area contributed by atoms with Gasteiger partial charge >= 0.3 is 6.03 Å². The van der Waals surface area contributed by atoms with Gasteiger partial charge in [0.05, 0.1) is 23.1 Å². The smallest absolute Gasteiger partial charge is 0.323 e. The van der Waals surface area contributed by atoms with Gasteiger partial charge in [-0.15, -0.1) is 0 Å². The predicted molar refractivity (Wildman–Crippen MR) is 121 cm³/mol. The summed E-state index contributed by atoms with van der Waals surface area (Å²) in [7, 11) is 0. The van der Waals surface area contributed by atoms with E-state index in [-0.39, 0.29) is 5.69 Å². The molecule has 2 aromatic rings. The molecule has 166 valence electrons. The molecule has 2 amide bonds. The van der Waals surface area contributed by atoms with Gasteiger partial charge in [0.2, 0.25) is 0 Å². The van der Waals surface area contributed by atoms with Gasteiger partial charge in [0.15, 0.2) is 0 Å². The summed E-state index contributed by atoms with van der Waals surface area (Å²) in [6.45, 7) is 10.1. The van der Waals surface area contributed by atoms with Crippen molar-refractivity contribution in [3.05, 3.63) is 53.6 Å². The number of nitrogens with one attached hydrogen (secondary N) is 2. The van der Waals surface area contributed by atoms with Crippen molar-refractivity contribution >= 4 is 23.1 Å². The molecule has 0 aliphatic carbocycles. The maximum absolute atomic E-state index is 13.9. The number of halogens is 2. The SMILES string of the molecule is CC(C)CN(CC(C)C)c1ccc(CCC#N)cc1NC(=O)Nc1ccc(F)cc1F. The van der Waals surface area contributed by atoms with Gasteiger partial charge in [0.25, 0.3) is 0 Å². The van der Waals surface area contributed by atoms with Crippen LogP contribution in [-0.4, -0.2) is 19.1 Å². The minimum Gasteiger partial charge on any atom is -0.369 e. The number of hydrogen-bond acceptors (Lipinski definition) is 3. The summed E-state index contributed by atoms with van der Waals surface area (Å²) in [6, 6.07) is 10.2. The molecule has 2 N–H and O–H groups in total. The maximum atomic E-state index is 13.9. The van der Waals surface area contributed by atoms with Gasteiger partial charge in [-0.1, -0.05) is 33.8 Å². The molecule has 0 atom stereocenters. The van der Waals surface area contributed by atoms with E-state index in [0.717, 1.165) is 36.5 Å². The molecule has 0 saturated carbocycles. The van der Waals surface area contributed by atoms with Gasteiger partial charge in [-0.3, -0.25) is 0 Å². The summed E-state index contributed by atoms with van der Waals surface area (Å²) in [4.78, 5) is 14.8. The van der Waals surface area contributed by atoms with Crippen molar-refractivity contribution in [3.8, 4) is 6.07 Å². The van der Waals surface area contributed by atoms with Crippen LogP contribution in [0.15, 0.2) is 36.4 Å². The van der Waals surface area contributed by atoms with E-state index in [2.05, 4.69) is 49.3 Å². The Kier molecular flexibility index (Phi) is 8.80. The van der Waals surface area contributed by atoms with Crippen LogP contribution in [0.4, 0.5) is 30.6 Å². The fourth-order valence-corrected chi connectivity index (χ4v) is 3.33. The largest absolute Gasteiger partial charge is 0.369 e. The van der Waals surface area contributed by atoms with Gasteiger partial charge in [-0.2, -0.15) is 5.26 Å². The number of nitriles is 1. The fraction of sp³-hybridized carbons (Fsp3) is 0.417. The van der Waals surface area contributed by atoms with Gasteiger partial charge in [0.1, 0.15) is 11.6 Å². The van der Waals surface area contributed by atoms with E-state index in [0.29, 0.717) is 30.4 Å². The van der Waals surface area contributed by atoms with Crippen LogP contribution in [0, 0.1) is 34.8 Å². The Hall–Kier alpha value is -3.14. The third-order valence-electron chi connectivity index (χ3n) is 4.53. The van der Waals surface area contributed by atoms with E-state index in [9.17, 15) is 13.6 Å². The summed E-state index contributed by atoms with van der Waals surface area (Å²) >= 11 is 0. The normalized spacial score (nSPS) is 10.8. The predicted octanol–water partition coefficient (Wildman–Crippen LogP) is 6.18. The first-order valence-electron chi connectivity index (χ1n) is 10.5. The van der Waals surface area contributed by atoms with Crippen LogP contribution in [0.5, 0.6) is 0 Å². The first-order valence-corrected chi connectivity index (χ1v) is 10.5. The highest BCUT2D eigenvalue weighted by Crippen LogP contribution is 2.30.